The summed E-state index contributed by atoms with van der Waals surface area (Å²) in [6, 6.07) is 10.1. The second-order valence-corrected chi connectivity index (χ2v) is 21.2. The lowest BCUT2D eigenvalue weighted by Crippen LogP contribution is -2.37. The lowest BCUT2D eigenvalue weighted by molar-refractivity contribution is -0.700. The second-order valence-electron chi connectivity index (χ2n) is 15.3. The number of fused-ring (bicyclic) bond motifs is 2. The number of nitrogens with two attached hydrogens (primary N) is 1. The molecular formula is C40H49N7O18P3S+. The number of ether oxygens (including phenoxy) is 1. The van der Waals surface area contributed by atoms with Crippen molar-refractivity contribution in [1.29, 1.82) is 0 Å². The van der Waals surface area contributed by atoms with Gasteiger partial charge in [-0.15, -0.1) is 0 Å². The number of nitrogens with zero attached hydrogens (tertiary/aromatic N) is 4. The molecule has 1 amide bonds. The van der Waals surface area contributed by atoms with Gasteiger partial charge in [0.25, 0.3) is 15.7 Å². The predicted molar refractivity (Wildman–Crippen MR) is 248 cm³/mol. The van der Waals surface area contributed by atoms with E-state index in [1.807, 2.05) is 32.0 Å². The van der Waals surface area contributed by atoms with Gasteiger partial charge in [-0.1, -0.05) is 11.8 Å². The second kappa shape index (κ2) is 22.2. The van der Waals surface area contributed by atoms with E-state index in [0.29, 0.717) is 37.1 Å². The minimum Gasteiger partial charge on any atom is -0.422 e. The summed E-state index contributed by atoms with van der Waals surface area (Å²) in [5.41, 5.74) is 7.08. The molecule has 29 heteroatoms. The van der Waals surface area contributed by atoms with Gasteiger partial charge in [0.05, 0.1) is 35.8 Å². The summed E-state index contributed by atoms with van der Waals surface area (Å²) in [5, 5.41) is 3.46. The SMILES string of the molecule is CCN(CC)c1ccc2cc(/C=C/c3ccc(S(=O)(=O)O)c[n+]3CCCCCC(=O)NCC#Cc3cn([C@H]4CC[C@@H](COP(=O)(O)OP(=O)(O)OP(=O)(O)O)O4)c4nc(N)[nH]c(=O)c34)c(=O)oc2c1. The third-order valence-electron chi connectivity index (χ3n) is 10.5. The highest BCUT2D eigenvalue weighted by Crippen LogP contribution is 2.66. The molecule has 69 heavy (non-hydrogen) atoms. The number of hydrogen-bond donors (Lipinski definition) is 8. The molecule has 1 aromatic carbocycles. The van der Waals surface area contributed by atoms with Crippen LogP contribution in [0.1, 0.15) is 75.4 Å². The largest absolute Gasteiger partial charge is 0.490 e. The number of nitrogen functional groups attached to an aromatic ring is 1. The lowest BCUT2D eigenvalue weighted by atomic mass is 10.1. The number of carbonyl (C=O) groups is 1. The first-order valence-corrected chi connectivity index (χ1v) is 27.0. The van der Waals surface area contributed by atoms with Crippen LogP contribution in [-0.2, 0) is 53.0 Å². The monoisotopic (exact) mass is 1040 g/mol. The number of aryl methyl sites for hydroxylation is 1. The van der Waals surface area contributed by atoms with Crippen molar-refractivity contribution in [2.24, 2.45) is 0 Å². The Kier molecular flexibility index (Phi) is 17.0. The molecule has 9 N–H and O–H groups in total. The Bertz CT molecular complexity index is 3210. The number of benzene rings is 1. The van der Waals surface area contributed by atoms with Gasteiger partial charge in [-0.25, -0.2) is 18.5 Å². The smallest absolute Gasteiger partial charge is 0.422 e. The zero-order chi connectivity index (χ0) is 50.3. The maximum absolute atomic E-state index is 13.0. The summed E-state index contributed by atoms with van der Waals surface area (Å²) >= 11 is 0. The van der Waals surface area contributed by atoms with E-state index >= 15 is 0 Å². The summed E-state index contributed by atoms with van der Waals surface area (Å²) in [5.74, 6) is 5.09. The molecule has 0 aliphatic carbocycles. The number of pyridine rings is 1. The van der Waals surface area contributed by atoms with Crippen molar-refractivity contribution in [3.05, 3.63) is 86.4 Å². The summed E-state index contributed by atoms with van der Waals surface area (Å²) in [7, 11) is -21.2. The lowest BCUT2D eigenvalue weighted by Gasteiger charge is -2.20. The van der Waals surface area contributed by atoms with E-state index in [1.54, 1.807) is 22.8 Å². The maximum Gasteiger partial charge on any atom is 0.490 e. The molecule has 6 rings (SSSR count). The fraction of sp³-hybridized carbons (Fsp3) is 0.375. The fourth-order valence-electron chi connectivity index (χ4n) is 7.32. The van der Waals surface area contributed by atoms with Crippen LogP contribution in [0.5, 0.6) is 0 Å². The van der Waals surface area contributed by atoms with Crippen LogP contribution in [0.2, 0.25) is 0 Å². The number of amides is 1. The van der Waals surface area contributed by atoms with Crippen molar-refractivity contribution in [2.45, 2.75) is 76.1 Å². The molecule has 25 nitrogen and oxygen atoms in total. The number of H-pyrrole nitrogens is 1. The number of unbranched alkanes of at least 4 members (excludes halogenated alkanes) is 2. The minimum atomic E-state index is -5.72. The number of carbonyl (C=O) groups excluding carboxylic acids is 1. The number of rotatable bonds is 21. The van der Waals surface area contributed by atoms with Crippen molar-refractivity contribution < 1.29 is 77.9 Å². The zero-order valence-electron chi connectivity index (χ0n) is 36.9. The van der Waals surface area contributed by atoms with E-state index in [-0.39, 0.29) is 64.7 Å². The number of hydrogen-bond acceptors (Lipinski definition) is 16. The summed E-state index contributed by atoms with van der Waals surface area (Å²) in [4.78, 5) is 83.7. The topological polar surface area (TPSA) is 367 Å². The quantitative estimate of drug-likeness (QED) is 0.0130. The number of aromatic nitrogens is 4. The van der Waals surface area contributed by atoms with Gasteiger partial charge in [0.1, 0.15) is 18.4 Å². The molecule has 1 aliphatic rings. The van der Waals surface area contributed by atoms with Crippen molar-refractivity contribution in [2.75, 3.05) is 36.9 Å². The van der Waals surface area contributed by atoms with Gasteiger partial charge in [0.2, 0.25) is 17.5 Å². The van der Waals surface area contributed by atoms with E-state index in [9.17, 15) is 50.8 Å². The molecule has 0 radical (unpaired) electrons. The Morgan fingerprint density at radius 1 is 1.04 bits per heavy atom. The molecule has 1 saturated heterocycles. The highest BCUT2D eigenvalue weighted by molar-refractivity contribution is 7.85. The van der Waals surface area contributed by atoms with E-state index in [0.717, 1.165) is 24.2 Å². The average Bonchev–Trinajstić information content (AvgIpc) is 3.87. The summed E-state index contributed by atoms with van der Waals surface area (Å²) in [6.07, 6.45) is 6.27. The molecule has 0 bridgehead atoms. The van der Waals surface area contributed by atoms with E-state index < -0.39 is 63.7 Å². The first kappa shape index (κ1) is 53.0. The molecule has 5 heterocycles. The molecular weight excluding hydrogens is 991 g/mol. The standard InChI is InChI=1S/C40H48N7O18P3S/c1-3-45(4-2)30-14-11-26-21-27(39(50)63-33(26)22-30)12-13-29-15-17-32(69(58,59)60)24-46(29)20-7-5-6-10-34(48)42-19-8-9-28-23-47(37-36(28)38(49)44-40(41)43-37)35-18-16-31(62-35)25-61-67(54,55)65-68(56,57)64-66(51,52)53/h11-15,17,21-24,31,35H,3-7,10,16,18-20,25H2,1-2H3,(H8-,41,42,43,44,48,49,51,52,53,54,55,56,57,58,59,60)/p+1/t31-,35+/m0/s1. The van der Waals surface area contributed by atoms with Crippen LogP contribution in [0.4, 0.5) is 11.6 Å². The molecule has 4 aromatic heterocycles. The highest BCUT2D eigenvalue weighted by atomic mass is 32.2. The van der Waals surface area contributed by atoms with Crippen molar-refractivity contribution in [1.82, 2.24) is 19.9 Å². The van der Waals surface area contributed by atoms with E-state index in [4.69, 9.17) is 24.7 Å². The normalized spacial score (nSPS) is 17.1. The number of aromatic amines is 1. The summed E-state index contributed by atoms with van der Waals surface area (Å²) < 4.78 is 95.1. The minimum absolute atomic E-state index is 0.0471. The van der Waals surface area contributed by atoms with Gasteiger partial charge in [0.15, 0.2) is 16.7 Å². The Hall–Kier alpha value is -5.35. The zero-order valence-corrected chi connectivity index (χ0v) is 40.4. The Morgan fingerprint density at radius 3 is 2.51 bits per heavy atom. The number of nitrogens with one attached hydrogen (secondary N) is 2. The van der Waals surface area contributed by atoms with E-state index in [2.05, 4.69) is 45.2 Å². The van der Waals surface area contributed by atoms with Gasteiger partial charge >= 0.3 is 29.1 Å². The molecule has 0 saturated carbocycles. The number of phosphoric ester groups is 1. The van der Waals surface area contributed by atoms with Crippen LogP contribution in [0.3, 0.4) is 0 Å². The third-order valence-corrected chi connectivity index (χ3v) is 15.1. The molecule has 5 aromatic rings. The van der Waals surface area contributed by atoms with Crippen LogP contribution in [0.15, 0.2) is 67.7 Å². The first-order chi connectivity index (χ1) is 32.4. The molecule has 0 spiro atoms. The van der Waals surface area contributed by atoms with Crippen LogP contribution >= 0.6 is 23.5 Å². The molecule has 1 fully saturated rings. The van der Waals surface area contributed by atoms with Gasteiger partial charge in [-0.3, -0.25) is 23.6 Å². The first-order valence-electron chi connectivity index (χ1n) is 21.1. The van der Waals surface area contributed by atoms with Crippen molar-refractivity contribution in [3.8, 4) is 11.8 Å². The van der Waals surface area contributed by atoms with Crippen LogP contribution in [0.25, 0.3) is 34.2 Å². The Morgan fingerprint density at radius 2 is 1.80 bits per heavy atom. The number of anilines is 2. The van der Waals surface area contributed by atoms with Crippen LogP contribution in [0, 0.1) is 11.8 Å². The van der Waals surface area contributed by atoms with Crippen LogP contribution in [-0.4, -0.2) is 85.3 Å². The Labute approximate surface area is 393 Å². The maximum atomic E-state index is 13.0. The van der Waals surface area contributed by atoms with Crippen molar-refractivity contribution in [3.63, 3.8) is 0 Å². The van der Waals surface area contributed by atoms with Crippen LogP contribution < -0.4 is 31.7 Å². The predicted octanol–water partition coefficient (Wildman–Crippen LogP) is 3.71. The Balaban J connectivity index is 1.02. The summed E-state index contributed by atoms with van der Waals surface area (Å²) in [6.45, 7) is 5.16. The van der Waals surface area contributed by atoms with Gasteiger partial charge in [0, 0.05) is 61.4 Å². The highest BCUT2D eigenvalue weighted by Gasteiger charge is 2.41. The van der Waals surface area contributed by atoms with Gasteiger partial charge in [-0.2, -0.15) is 26.6 Å². The molecule has 1 aliphatic heterocycles. The number of phosphoric acid groups is 3. The van der Waals surface area contributed by atoms with Gasteiger partial charge < -0.3 is 49.2 Å². The fourth-order valence-corrected chi connectivity index (χ4v) is 10.9. The van der Waals surface area contributed by atoms with E-state index in [1.165, 1.54) is 29.1 Å². The van der Waals surface area contributed by atoms with Gasteiger partial charge in [-0.05, 0) is 69.9 Å². The van der Waals surface area contributed by atoms with Crippen molar-refractivity contribution >= 4 is 85.3 Å². The average molecular weight is 1040 g/mol. The molecule has 2 unspecified atom stereocenters. The molecule has 4 atom stereocenters. The third kappa shape index (κ3) is 14.6. The molecule has 372 valence electrons.